The molecule has 21 heavy (non-hydrogen) atoms. The van der Waals surface area contributed by atoms with Crippen molar-refractivity contribution in [2.75, 3.05) is 0 Å². The number of aromatic nitrogens is 4. The molecule has 5 nitrogen and oxygen atoms in total. The van der Waals surface area contributed by atoms with E-state index in [4.69, 9.17) is 0 Å². The lowest BCUT2D eigenvalue weighted by molar-refractivity contribution is 0.764. The quantitative estimate of drug-likeness (QED) is 0.692. The molecule has 2 heterocycles. The normalized spacial score (nSPS) is 11.0. The number of benzene rings is 1. The van der Waals surface area contributed by atoms with Crippen molar-refractivity contribution in [3.05, 3.63) is 64.9 Å². The molecule has 0 unspecified atom stereocenters. The van der Waals surface area contributed by atoms with Gasteiger partial charge in [0.15, 0.2) is 5.65 Å². The van der Waals surface area contributed by atoms with Crippen LogP contribution in [0.15, 0.2) is 48.2 Å². The third kappa shape index (κ3) is 2.16. The topological polar surface area (TPSA) is 52.7 Å². The summed E-state index contributed by atoms with van der Waals surface area (Å²) in [6.45, 7) is 8.19. The SMILES string of the molecule is C=CCn1cnc2c(cnn2-c2ccc(C)c(C)c2)c1=O. The van der Waals surface area contributed by atoms with Crippen LogP contribution in [0.1, 0.15) is 11.1 Å². The molecule has 0 aliphatic heterocycles. The van der Waals surface area contributed by atoms with Crippen LogP contribution in [0.2, 0.25) is 0 Å². The van der Waals surface area contributed by atoms with E-state index in [0.29, 0.717) is 17.6 Å². The van der Waals surface area contributed by atoms with Gasteiger partial charge in [-0.1, -0.05) is 12.1 Å². The molecule has 0 saturated heterocycles. The van der Waals surface area contributed by atoms with Crippen molar-refractivity contribution in [2.45, 2.75) is 20.4 Å². The molecule has 0 fully saturated rings. The van der Waals surface area contributed by atoms with Crippen LogP contribution >= 0.6 is 0 Å². The van der Waals surface area contributed by atoms with E-state index in [0.717, 1.165) is 5.69 Å². The molecule has 0 aliphatic rings. The van der Waals surface area contributed by atoms with Crippen molar-refractivity contribution in [3.8, 4) is 5.69 Å². The number of aryl methyl sites for hydroxylation is 2. The van der Waals surface area contributed by atoms with Gasteiger partial charge in [0.2, 0.25) is 0 Å². The van der Waals surface area contributed by atoms with Crippen LogP contribution in [-0.2, 0) is 6.54 Å². The fourth-order valence-corrected chi connectivity index (χ4v) is 2.26. The van der Waals surface area contributed by atoms with Gasteiger partial charge >= 0.3 is 0 Å². The highest BCUT2D eigenvalue weighted by Crippen LogP contribution is 2.17. The third-order valence-electron chi connectivity index (χ3n) is 3.62. The summed E-state index contributed by atoms with van der Waals surface area (Å²) in [5.74, 6) is 0. The first-order valence-electron chi connectivity index (χ1n) is 6.73. The van der Waals surface area contributed by atoms with E-state index in [1.54, 1.807) is 17.0 Å². The predicted octanol–water partition coefficient (Wildman–Crippen LogP) is 2.39. The van der Waals surface area contributed by atoms with Crippen LogP contribution in [0.25, 0.3) is 16.7 Å². The number of hydrogen-bond acceptors (Lipinski definition) is 3. The maximum absolute atomic E-state index is 12.3. The number of nitrogens with zero attached hydrogens (tertiary/aromatic N) is 4. The fourth-order valence-electron chi connectivity index (χ4n) is 2.26. The molecule has 0 amide bonds. The summed E-state index contributed by atoms with van der Waals surface area (Å²) >= 11 is 0. The number of fused-ring (bicyclic) bond motifs is 1. The fraction of sp³-hybridized carbons (Fsp3) is 0.188. The van der Waals surface area contributed by atoms with E-state index in [9.17, 15) is 4.79 Å². The molecule has 3 aromatic rings. The minimum absolute atomic E-state index is 0.102. The first kappa shape index (κ1) is 13.3. The molecular formula is C16H16N4O. The zero-order valence-electron chi connectivity index (χ0n) is 12.1. The third-order valence-corrected chi connectivity index (χ3v) is 3.62. The Labute approximate surface area is 122 Å². The molecule has 1 aromatic carbocycles. The first-order chi connectivity index (χ1) is 10.1. The first-order valence-corrected chi connectivity index (χ1v) is 6.73. The lowest BCUT2D eigenvalue weighted by Crippen LogP contribution is -2.19. The standard InChI is InChI=1S/C16H16N4O/c1-4-7-19-10-17-15-14(16(19)21)9-18-20(15)13-6-5-11(2)12(3)8-13/h4-6,8-10H,1,7H2,2-3H3. The van der Waals surface area contributed by atoms with Crippen LogP contribution < -0.4 is 5.56 Å². The molecular weight excluding hydrogens is 264 g/mol. The maximum atomic E-state index is 12.3. The second-order valence-electron chi connectivity index (χ2n) is 5.05. The predicted molar refractivity (Wildman–Crippen MR) is 82.8 cm³/mol. The lowest BCUT2D eigenvalue weighted by atomic mass is 10.1. The van der Waals surface area contributed by atoms with E-state index < -0.39 is 0 Å². The van der Waals surface area contributed by atoms with Gasteiger partial charge in [-0.25, -0.2) is 9.67 Å². The number of allylic oxidation sites excluding steroid dienone is 1. The molecule has 2 aromatic heterocycles. The Morgan fingerprint density at radius 2 is 2.10 bits per heavy atom. The van der Waals surface area contributed by atoms with Gasteiger partial charge in [-0.05, 0) is 37.1 Å². The lowest BCUT2D eigenvalue weighted by Gasteiger charge is -2.06. The zero-order chi connectivity index (χ0) is 15.0. The summed E-state index contributed by atoms with van der Waals surface area (Å²) in [4.78, 5) is 16.7. The summed E-state index contributed by atoms with van der Waals surface area (Å²) in [7, 11) is 0. The van der Waals surface area contributed by atoms with Crippen LogP contribution in [0.3, 0.4) is 0 Å². The summed E-state index contributed by atoms with van der Waals surface area (Å²) < 4.78 is 3.21. The Morgan fingerprint density at radius 1 is 1.29 bits per heavy atom. The van der Waals surface area contributed by atoms with Gasteiger partial charge in [-0.2, -0.15) is 5.10 Å². The Bertz CT molecular complexity index is 889. The maximum Gasteiger partial charge on any atom is 0.264 e. The molecule has 0 radical (unpaired) electrons. The average Bonchev–Trinajstić information content (AvgIpc) is 2.90. The monoisotopic (exact) mass is 280 g/mol. The summed E-state index contributed by atoms with van der Waals surface area (Å²) in [5.41, 5.74) is 3.77. The average molecular weight is 280 g/mol. The Hall–Kier alpha value is -2.69. The zero-order valence-corrected chi connectivity index (χ0v) is 12.1. The highest BCUT2D eigenvalue weighted by atomic mass is 16.1. The van der Waals surface area contributed by atoms with Crippen molar-refractivity contribution in [1.29, 1.82) is 0 Å². The second kappa shape index (κ2) is 5.01. The Balaban J connectivity index is 2.21. The van der Waals surface area contributed by atoms with Crippen molar-refractivity contribution < 1.29 is 0 Å². The van der Waals surface area contributed by atoms with Gasteiger partial charge in [-0.15, -0.1) is 6.58 Å². The van der Waals surface area contributed by atoms with E-state index in [2.05, 4.69) is 30.5 Å². The summed E-state index contributed by atoms with van der Waals surface area (Å²) in [6, 6.07) is 6.06. The second-order valence-corrected chi connectivity index (χ2v) is 5.05. The van der Waals surface area contributed by atoms with Gasteiger partial charge in [-0.3, -0.25) is 9.36 Å². The van der Waals surface area contributed by atoms with Crippen molar-refractivity contribution in [2.24, 2.45) is 0 Å². The number of hydrogen-bond donors (Lipinski definition) is 0. The van der Waals surface area contributed by atoms with Crippen LogP contribution in [0.4, 0.5) is 0 Å². The molecule has 0 N–H and O–H groups in total. The van der Waals surface area contributed by atoms with Crippen LogP contribution in [-0.4, -0.2) is 19.3 Å². The molecule has 0 bridgehead atoms. The molecule has 5 heteroatoms. The highest BCUT2D eigenvalue weighted by molar-refractivity contribution is 5.75. The van der Waals surface area contributed by atoms with Gasteiger partial charge < -0.3 is 0 Å². The van der Waals surface area contributed by atoms with E-state index >= 15 is 0 Å². The van der Waals surface area contributed by atoms with Gasteiger partial charge in [0.1, 0.15) is 11.7 Å². The van der Waals surface area contributed by atoms with Crippen molar-refractivity contribution in [3.63, 3.8) is 0 Å². The van der Waals surface area contributed by atoms with Crippen molar-refractivity contribution >= 4 is 11.0 Å². The minimum atomic E-state index is -0.102. The smallest absolute Gasteiger partial charge is 0.264 e. The van der Waals surface area contributed by atoms with Gasteiger partial charge in [0, 0.05) is 6.54 Å². The highest BCUT2D eigenvalue weighted by Gasteiger charge is 2.11. The molecule has 0 saturated carbocycles. The molecule has 106 valence electrons. The number of rotatable bonds is 3. The minimum Gasteiger partial charge on any atom is -0.295 e. The Morgan fingerprint density at radius 3 is 2.81 bits per heavy atom. The molecule has 0 aliphatic carbocycles. The molecule has 0 spiro atoms. The summed E-state index contributed by atoms with van der Waals surface area (Å²) in [6.07, 6.45) is 4.77. The van der Waals surface area contributed by atoms with Crippen LogP contribution in [0.5, 0.6) is 0 Å². The van der Waals surface area contributed by atoms with Gasteiger partial charge in [0.05, 0.1) is 11.9 Å². The molecule has 0 atom stereocenters. The Kier molecular flexibility index (Phi) is 3.17. The molecule has 3 rings (SSSR count). The van der Waals surface area contributed by atoms with E-state index in [-0.39, 0.29) is 5.56 Å². The van der Waals surface area contributed by atoms with Crippen molar-refractivity contribution in [1.82, 2.24) is 19.3 Å². The van der Waals surface area contributed by atoms with E-state index in [1.807, 2.05) is 18.2 Å². The van der Waals surface area contributed by atoms with E-state index in [1.165, 1.54) is 22.0 Å². The van der Waals surface area contributed by atoms with Crippen LogP contribution in [0, 0.1) is 13.8 Å². The van der Waals surface area contributed by atoms with Gasteiger partial charge in [0.25, 0.3) is 5.56 Å². The largest absolute Gasteiger partial charge is 0.295 e. The summed E-state index contributed by atoms with van der Waals surface area (Å²) in [5, 5.41) is 4.83.